The van der Waals surface area contributed by atoms with Crippen molar-refractivity contribution in [3.63, 3.8) is 0 Å². The summed E-state index contributed by atoms with van der Waals surface area (Å²) in [6, 6.07) is 7.59. The molecule has 1 aliphatic carbocycles. The number of nitrogens with zero attached hydrogens (tertiary/aromatic N) is 3. The fourth-order valence-electron chi connectivity index (χ4n) is 4.06. The second-order valence-corrected chi connectivity index (χ2v) is 8.74. The van der Waals surface area contributed by atoms with Crippen LogP contribution in [0.3, 0.4) is 0 Å². The molecule has 8 heteroatoms. The first-order valence-electron chi connectivity index (χ1n) is 10.6. The van der Waals surface area contributed by atoms with Crippen LogP contribution in [0.5, 0.6) is 11.5 Å². The Hall–Kier alpha value is -2.87. The monoisotopic (exact) mass is 440 g/mol. The van der Waals surface area contributed by atoms with E-state index in [1.54, 1.807) is 18.9 Å². The van der Waals surface area contributed by atoms with E-state index >= 15 is 0 Å². The van der Waals surface area contributed by atoms with Gasteiger partial charge in [-0.2, -0.15) is 9.78 Å². The molecule has 1 N–H and O–H groups in total. The van der Waals surface area contributed by atoms with Gasteiger partial charge in [0.1, 0.15) is 5.82 Å². The van der Waals surface area contributed by atoms with Gasteiger partial charge in [-0.25, -0.2) is 4.98 Å². The molecule has 1 saturated carbocycles. The van der Waals surface area contributed by atoms with Crippen LogP contribution in [-0.2, 0) is 4.79 Å². The zero-order valence-electron chi connectivity index (χ0n) is 18.2. The maximum absolute atomic E-state index is 12.5. The minimum Gasteiger partial charge on any atom is -0.493 e. The number of nitrogens with one attached hydrogen (secondary N) is 1. The number of anilines is 1. The smallest absolute Gasteiger partial charge is 0.225 e. The number of rotatable bonds is 8. The maximum Gasteiger partial charge on any atom is 0.225 e. The molecule has 4 rings (SSSR count). The molecule has 0 unspecified atom stereocenters. The van der Waals surface area contributed by atoms with Crippen molar-refractivity contribution in [3.8, 4) is 27.9 Å². The molecule has 3 aromatic rings. The Morgan fingerprint density at radius 2 is 1.97 bits per heavy atom. The summed E-state index contributed by atoms with van der Waals surface area (Å²) < 4.78 is 12.4. The van der Waals surface area contributed by atoms with E-state index in [0.717, 1.165) is 23.4 Å². The quantitative estimate of drug-likeness (QED) is 0.519. The van der Waals surface area contributed by atoms with E-state index < -0.39 is 0 Å². The first-order valence-corrected chi connectivity index (χ1v) is 11.5. The van der Waals surface area contributed by atoms with Gasteiger partial charge >= 0.3 is 0 Å². The topological polar surface area (TPSA) is 78.3 Å². The van der Waals surface area contributed by atoms with Crippen LogP contribution < -0.4 is 14.8 Å². The molecule has 0 aliphatic heterocycles. The van der Waals surface area contributed by atoms with E-state index in [1.807, 2.05) is 36.6 Å². The molecule has 164 valence electrons. The SMILES string of the molecule is COc1ccc(-c2csc(-n3nc(C)cc3NC(=O)CCC3CCCC3)n2)cc1OC. The highest BCUT2D eigenvalue weighted by Crippen LogP contribution is 2.34. The minimum absolute atomic E-state index is 0.0321. The predicted octanol–water partition coefficient (Wildman–Crippen LogP) is 5.23. The summed E-state index contributed by atoms with van der Waals surface area (Å²) >= 11 is 1.48. The Kier molecular flexibility index (Phi) is 6.56. The number of hydrogen-bond acceptors (Lipinski definition) is 6. The molecule has 0 bridgehead atoms. The number of benzene rings is 1. The summed E-state index contributed by atoms with van der Waals surface area (Å²) in [5, 5.41) is 10.2. The lowest BCUT2D eigenvalue weighted by atomic mass is 10.0. The van der Waals surface area contributed by atoms with E-state index in [-0.39, 0.29) is 5.91 Å². The molecule has 2 aromatic heterocycles. The van der Waals surface area contributed by atoms with Gasteiger partial charge in [-0.05, 0) is 37.5 Å². The van der Waals surface area contributed by atoms with E-state index in [1.165, 1.54) is 37.0 Å². The van der Waals surface area contributed by atoms with E-state index in [0.29, 0.717) is 34.8 Å². The highest BCUT2D eigenvalue weighted by atomic mass is 32.1. The zero-order chi connectivity index (χ0) is 21.8. The summed E-state index contributed by atoms with van der Waals surface area (Å²) in [5.74, 6) is 2.71. The maximum atomic E-state index is 12.5. The third-order valence-electron chi connectivity index (χ3n) is 5.71. The molecule has 2 heterocycles. The Bertz CT molecular complexity index is 1050. The van der Waals surface area contributed by atoms with Gasteiger partial charge in [0.05, 0.1) is 25.6 Å². The molecule has 1 amide bonds. The third kappa shape index (κ3) is 4.90. The number of thiazole rings is 1. The van der Waals surface area contributed by atoms with Crippen molar-refractivity contribution < 1.29 is 14.3 Å². The van der Waals surface area contributed by atoms with E-state index in [9.17, 15) is 4.79 Å². The Morgan fingerprint density at radius 3 is 2.71 bits per heavy atom. The molecule has 7 nitrogen and oxygen atoms in total. The summed E-state index contributed by atoms with van der Waals surface area (Å²) in [7, 11) is 3.23. The van der Waals surface area contributed by atoms with Crippen LogP contribution in [0.4, 0.5) is 5.82 Å². The fraction of sp³-hybridized carbons (Fsp3) is 0.435. The lowest BCUT2D eigenvalue weighted by Gasteiger charge is -2.10. The van der Waals surface area contributed by atoms with Crippen LogP contribution in [0.15, 0.2) is 29.6 Å². The third-order valence-corrected chi connectivity index (χ3v) is 6.52. The molecule has 0 spiro atoms. The second-order valence-electron chi connectivity index (χ2n) is 7.91. The number of amides is 1. The number of methoxy groups -OCH3 is 2. The molecule has 0 radical (unpaired) electrons. The van der Waals surface area contributed by atoms with Crippen LogP contribution in [0.1, 0.15) is 44.2 Å². The van der Waals surface area contributed by atoms with Gasteiger partial charge in [0.25, 0.3) is 0 Å². The molecule has 1 aromatic carbocycles. The van der Waals surface area contributed by atoms with Gasteiger partial charge in [0.15, 0.2) is 11.5 Å². The van der Waals surface area contributed by atoms with Crippen LogP contribution in [0.2, 0.25) is 0 Å². The standard InChI is InChI=1S/C23H28N4O3S/c1-15-12-21(25-22(28)11-8-16-6-4-5-7-16)27(26-15)23-24-18(14-31-23)17-9-10-19(29-2)20(13-17)30-3/h9-10,12-14,16H,4-8,11H2,1-3H3,(H,25,28). The Morgan fingerprint density at radius 1 is 1.19 bits per heavy atom. The number of ether oxygens (including phenoxy) is 2. The van der Waals surface area contributed by atoms with Crippen molar-refractivity contribution in [3.05, 3.63) is 35.3 Å². The summed E-state index contributed by atoms with van der Waals surface area (Å²) in [6.45, 7) is 1.91. The highest BCUT2D eigenvalue weighted by molar-refractivity contribution is 7.12. The second kappa shape index (κ2) is 9.51. The van der Waals surface area contributed by atoms with Crippen molar-refractivity contribution in [2.75, 3.05) is 19.5 Å². The number of aromatic nitrogens is 3. The summed E-state index contributed by atoms with van der Waals surface area (Å²) in [4.78, 5) is 17.3. The Balaban J connectivity index is 1.50. The highest BCUT2D eigenvalue weighted by Gasteiger charge is 2.18. The molecule has 1 fully saturated rings. The number of carbonyl (C=O) groups is 1. The van der Waals surface area contributed by atoms with Crippen molar-refractivity contribution in [2.24, 2.45) is 5.92 Å². The number of aryl methyl sites for hydroxylation is 1. The normalized spacial score (nSPS) is 14.0. The van der Waals surface area contributed by atoms with Crippen molar-refractivity contribution in [1.29, 1.82) is 0 Å². The fourth-order valence-corrected chi connectivity index (χ4v) is 4.86. The zero-order valence-corrected chi connectivity index (χ0v) is 19.0. The van der Waals surface area contributed by atoms with Gasteiger partial charge in [-0.1, -0.05) is 25.7 Å². The van der Waals surface area contributed by atoms with Crippen molar-refractivity contribution in [1.82, 2.24) is 14.8 Å². The van der Waals surface area contributed by atoms with E-state index in [2.05, 4.69) is 10.4 Å². The van der Waals surface area contributed by atoms with Crippen LogP contribution in [0.25, 0.3) is 16.4 Å². The first-order chi connectivity index (χ1) is 15.1. The van der Waals surface area contributed by atoms with Gasteiger partial charge in [0, 0.05) is 23.4 Å². The van der Waals surface area contributed by atoms with E-state index in [4.69, 9.17) is 14.5 Å². The molecular formula is C23H28N4O3S. The van der Waals surface area contributed by atoms with Gasteiger partial charge in [-0.3, -0.25) is 4.79 Å². The predicted molar refractivity (Wildman–Crippen MR) is 122 cm³/mol. The lowest BCUT2D eigenvalue weighted by Crippen LogP contribution is -2.15. The van der Waals surface area contributed by atoms with Gasteiger partial charge in [0.2, 0.25) is 11.0 Å². The minimum atomic E-state index is 0.0321. The summed E-state index contributed by atoms with van der Waals surface area (Å²) in [5.41, 5.74) is 2.56. The van der Waals surface area contributed by atoms with Crippen molar-refractivity contribution >= 4 is 23.1 Å². The molecule has 31 heavy (non-hydrogen) atoms. The average Bonchev–Trinajstić information content (AvgIpc) is 3.53. The van der Waals surface area contributed by atoms with Crippen molar-refractivity contribution in [2.45, 2.75) is 45.4 Å². The average molecular weight is 441 g/mol. The Labute approximate surface area is 186 Å². The largest absolute Gasteiger partial charge is 0.493 e. The van der Waals surface area contributed by atoms with Crippen LogP contribution in [-0.4, -0.2) is 34.9 Å². The van der Waals surface area contributed by atoms with Crippen LogP contribution >= 0.6 is 11.3 Å². The first kappa shape index (κ1) is 21.4. The van der Waals surface area contributed by atoms with Gasteiger partial charge in [-0.15, -0.1) is 11.3 Å². The number of carbonyl (C=O) groups excluding carboxylic acids is 1. The van der Waals surface area contributed by atoms with Gasteiger partial charge < -0.3 is 14.8 Å². The lowest BCUT2D eigenvalue weighted by molar-refractivity contribution is -0.116. The molecule has 0 atom stereocenters. The molecule has 1 aliphatic rings. The van der Waals surface area contributed by atoms with Crippen LogP contribution in [0, 0.1) is 12.8 Å². The molecule has 0 saturated heterocycles. The molecular weight excluding hydrogens is 412 g/mol. The summed E-state index contributed by atoms with van der Waals surface area (Å²) in [6.07, 6.45) is 6.60. The number of hydrogen-bond donors (Lipinski definition) is 1.